The fraction of sp³-hybridized carbons (Fsp3) is 0.353. The molecule has 1 saturated heterocycles. The molecule has 1 aliphatic heterocycles. The van der Waals surface area contributed by atoms with Crippen LogP contribution in [0.2, 0.25) is 0 Å². The highest BCUT2D eigenvalue weighted by molar-refractivity contribution is 5.97. The molecule has 1 aromatic heterocycles. The Kier molecular flexibility index (Phi) is 3.98. The fourth-order valence-corrected chi connectivity index (χ4v) is 2.98. The highest BCUT2D eigenvalue weighted by Crippen LogP contribution is 2.24. The maximum absolute atomic E-state index is 13.3. The Hall–Kier alpha value is -2.50. The van der Waals surface area contributed by atoms with Crippen LogP contribution in [0.5, 0.6) is 0 Å². The fourth-order valence-electron chi connectivity index (χ4n) is 2.98. The number of piperidine rings is 1. The lowest BCUT2D eigenvalue weighted by Gasteiger charge is -2.36. The summed E-state index contributed by atoms with van der Waals surface area (Å²) in [5, 5.41) is 9.73. The van der Waals surface area contributed by atoms with Crippen molar-refractivity contribution >= 4 is 22.8 Å². The van der Waals surface area contributed by atoms with Crippen LogP contribution < -0.4 is 0 Å². The molecule has 0 radical (unpaired) electrons. The second kappa shape index (κ2) is 5.95. The average Bonchev–Trinajstić information content (AvgIpc) is 2.53. The zero-order valence-corrected chi connectivity index (χ0v) is 12.7. The minimum absolute atomic E-state index is 0.0266. The van der Waals surface area contributed by atoms with E-state index in [1.165, 1.54) is 18.3 Å². The standard InChI is InChI=1S/C17H17FN2O3/c1-10-2-3-11(17(22)23)9-20(10)16(21)13-6-12-7-14(18)4-5-15(12)19-8-13/h4-8,10-11H,2-3,9H2,1H3,(H,22,23). The molecule has 0 bridgehead atoms. The molecule has 2 atom stereocenters. The van der Waals surface area contributed by atoms with Crippen molar-refractivity contribution in [2.24, 2.45) is 5.92 Å². The number of carboxylic acid groups (broad SMARTS) is 1. The number of rotatable bonds is 2. The molecular weight excluding hydrogens is 299 g/mol. The van der Waals surface area contributed by atoms with Crippen molar-refractivity contribution in [1.82, 2.24) is 9.88 Å². The number of halogens is 1. The van der Waals surface area contributed by atoms with E-state index in [1.54, 1.807) is 17.0 Å². The average molecular weight is 316 g/mol. The molecule has 120 valence electrons. The Balaban J connectivity index is 1.90. The minimum atomic E-state index is -0.881. The maximum Gasteiger partial charge on any atom is 0.308 e. The molecule has 1 N–H and O–H groups in total. The Labute approximate surface area is 132 Å². The summed E-state index contributed by atoms with van der Waals surface area (Å²) in [5.41, 5.74) is 0.957. The van der Waals surface area contributed by atoms with Crippen molar-refractivity contribution in [1.29, 1.82) is 0 Å². The van der Waals surface area contributed by atoms with Gasteiger partial charge in [0.05, 0.1) is 17.0 Å². The van der Waals surface area contributed by atoms with Gasteiger partial charge in [-0.25, -0.2) is 4.39 Å². The van der Waals surface area contributed by atoms with E-state index in [0.717, 1.165) is 0 Å². The summed E-state index contributed by atoms with van der Waals surface area (Å²) in [6, 6.07) is 5.79. The van der Waals surface area contributed by atoms with E-state index in [1.807, 2.05) is 6.92 Å². The normalized spacial score (nSPS) is 21.4. The van der Waals surface area contributed by atoms with Crippen LogP contribution in [0.3, 0.4) is 0 Å². The molecule has 0 saturated carbocycles. The number of carboxylic acids is 1. The zero-order chi connectivity index (χ0) is 16.6. The van der Waals surface area contributed by atoms with Gasteiger partial charge in [-0.1, -0.05) is 0 Å². The van der Waals surface area contributed by atoms with Crippen LogP contribution in [-0.4, -0.2) is 39.5 Å². The molecule has 1 amide bonds. The number of amides is 1. The van der Waals surface area contributed by atoms with Crippen molar-refractivity contribution in [2.75, 3.05) is 6.54 Å². The summed E-state index contributed by atoms with van der Waals surface area (Å²) in [6.07, 6.45) is 2.68. The van der Waals surface area contributed by atoms with Crippen LogP contribution in [0.25, 0.3) is 10.9 Å². The quantitative estimate of drug-likeness (QED) is 0.925. The van der Waals surface area contributed by atoms with Crippen molar-refractivity contribution in [3.63, 3.8) is 0 Å². The summed E-state index contributed by atoms with van der Waals surface area (Å²) < 4.78 is 13.3. The molecule has 0 aliphatic carbocycles. The largest absolute Gasteiger partial charge is 0.481 e. The van der Waals surface area contributed by atoms with E-state index >= 15 is 0 Å². The number of fused-ring (bicyclic) bond motifs is 1. The molecule has 23 heavy (non-hydrogen) atoms. The van der Waals surface area contributed by atoms with Gasteiger partial charge in [-0.15, -0.1) is 0 Å². The van der Waals surface area contributed by atoms with E-state index < -0.39 is 11.9 Å². The number of benzene rings is 1. The van der Waals surface area contributed by atoms with Crippen LogP contribution in [0.4, 0.5) is 4.39 Å². The first-order valence-electron chi connectivity index (χ1n) is 7.55. The number of hydrogen-bond donors (Lipinski definition) is 1. The van der Waals surface area contributed by atoms with Crippen molar-refractivity contribution < 1.29 is 19.1 Å². The summed E-state index contributed by atoms with van der Waals surface area (Å²) in [5.74, 6) is -2.07. The summed E-state index contributed by atoms with van der Waals surface area (Å²) in [7, 11) is 0. The number of carbonyl (C=O) groups excluding carboxylic acids is 1. The van der Waals surface area contributed by atoms with E-state index in [9.17, 15) is 19.1 Å². The summed E-state index contributed by atoms with van der Waals surface area (Å²) in [4.78, 5) is 29.7. The summed E-state index contributed by atoms with van der Waals surface area (Å²) in [6.45, 7) is 2.10. The number of aliphatic carboxylic acids is 1. The lowest BCUT2D eigenvalue weighted by molar-refractivity contribution is -0.143. The van der Waals surface area contributed by atoms with Gasteiger partial charge in [0.25, 0.3) is 5.91 Å². The predicted octanol–water partition coefficient (Wildman–Crippen LogP) is 2.70. The highest BCUT2D eigenvalue weighted by atomic mass is 19.1. The third-order valence-electron chi connectivity index (χ3n) is 4.38. The van der Waals surface area contributed by atoms with E-state index in [2.05, 4.69) is 4.98 Å². The second-order valence-electron chi connectivity index (χ2n) is 5.98. The Morgan fingerprint density at radius 1 is 1.30 bits per heavy atom. The lowest BCUT2D eigenvalue weighted by atomic mass is 9.93. The first-order chi connectivity index (χ1) is 11.0. The molecule has 5 nitrogen and oxygen atoms in total. The third-order valence-corrected chi connectivity index (χ3v) is 4.38. The Bertz CT molecular complexity index is 778. The first kappa shape index (κ1) is 15.4. The molecule has 1 aliphatic rings. The maximum atomic E-state index is 13.3. The van der Waals surface area contributed by atoms with Gasteiger partial charge >= 0.3 is 5.97 Å². The zero-order valence-electron chi connectivity index (χ0n) is 12.7. The van der Waals surface area contributed by atoms with Crippen LogP contribution in [-0.2, 0) is 4.79 Å². The molecular formula is C17H17FN2O3. The summed E-state index contributed by atoms with van der Waals surface area (Å²) >= 11 is 0. The van der Waals surface area contributed by atoms with E-state index in [4.69, 9.17) is 0 Å². The Morgan fingerprint density at radius 2 is 2.09 bits per heavy atom. The topological polar surface area (TPSA) is 70.5 Å². The van der Waals surface area contributed by atoms with Gasteiger partial charge in [0, 0.05) is 24.2 Å². The predicted molar refractivity (Wildman–Crippen MR) is 82.6 cm³/mol. The number of likely N-dealkylation sites (tertiary alicyclic amines) is 1. The number of pyridine rings is 1. The van der Waals surface area contributed by atoms with Crippen molar-refractivity contribution in [3.8, 4) is 0 Å². The molecule has 2 unspecified atom stereocenters. The molecule has 0 spiro atoms. The molecule has 6 heteroatoms. The van der Waals surface area contributed by atoms with Crippen LogP contribution in [0.1, 0.15) is 30.1 Å². The second-order valence-corrected chi connectivity index (χ2v) is 5.98. The highest BCUT2D eigenvalue weighted by Gasteiger charge is 2.33. The van der Waals surface area contributed by atoms with Gasteiger partial charge in [0.2, 0.25) is 0 Å². The molecule has 2 aromatic rings. The van der Waals surface area contributed by atoms with Crippen LogP contribution >= 0.6 is 0 Å². The number of nitrogens with zero attached hydrogens (tertiary/aromatic N) is 2. The first-order valence-corrected chi connectivity index (χ1v) is 7.55. The van der Waals surface area contributed by atoms with Gasteiger partial charge in [-0.05, 0) is 44.0 Å². The van der Waals surface area contributed by atoms with E-state index in [0.29, 0.717) is 29.3 Å². The van der Waals surface area contributed by atoms with Gasteiger partial charge in [0.1, 0.15) is 5.82 Å². The van der Waals surface area contributed by atoms with Crippen LogP contribution in [0, 0.1) is 11.7 Å². The van der Waals surface area contributed by atoms with Gasteiger partial charge in [-0.3, -0.25) is 14.6 Å². The molecule has 1 aromatic carbocycles. The molecule has 2 heterocycles. The van der Waals surface area contributed by atoms with Crippen molar-refractivity contribution in [2.45, 2.75) is 25.8 Å². The van der Waals surface area contributed by atoms with Crippen LogP contribution in [0.15, 0.2) is 30.5 Å². The minimum Gasteiger partial charge on any atom is -0.481 e. The van der Waals surface area contributed by atoms with Gasteiger partial charge < -0.3 is 10.0 Å². The van der Waals surface area contributed by atoms with Gasteiger partial charge in [0.15, 0.2) is 0 Å². The number of carbonyl (C=O) groups is 2. The molecule has 1 fully saturated rings. The Morgan fingerprint density at radius 3 is 2.83 bits per heavy atom. The smallest absolute Gasteiger partial charge is 0.308 e. The number of aromatic nitrogens is 1. The number of hydrogen-bond acceptors (Lipinski definition) is 3. The van der Waals surface area contributed by atoms with E-state index in [-0.39, 0.29) is 24.3 Å². The molecule has 3 rings (SSSR count). The van der Waals surface area contributed by atoms with Gasteiger partial charge in [-0.2, -0.15) is 0 Å². The lowest BCUT2D eigenvalue weighted by Crippen LogP contribution is -2.47. The SMILES string of the molecule is CC1CCC(C(=O)O)CN1C(=O)c1cnc2ccc(F)cc2c1. The van der Waals surface area contributed by atoms with Crippen molar-refractivity contribution in [3.05, 3.63) is 41.8 Å². The third kappa shape index (κ3) is 3.02. The monoisotopic (exact) mass is 316 g/mol.